The van der Waals surface area contributed by atoms with Crippen LogP contribution in [0.15, 0.2) is 24.3 Å². The first-order chi connectivity index (χ1) is 9.49. The lowest BCUT2D eigenvalue weighted by Crippen LogP contribution is -2.45. The molecule has 0 aromatic heterocycles. The van der Waals surface area contributed by atoms with Crippen molar-refractivity contribution in [3.05, 3.63) is 24.3 Å². The maximum atomic E-state index is 12.0. The van der Waals surface area contributed by atoms with Crippen molar-refractivity contribution < 1.29 is 19.4 Å². The van der Waals surface area contributed by atoms with Crippen LogP contribution in [0.4, 0.5) is 5.69 Å². The molecule has 0 aliphatic carbocycles. The molecule has 1 aromatic carbocycles. The van der Waals surface area contributed by atoms with E-state index in [0.717, 1.165) is 0 Å². The second kappa shape index (κ2) is 5.79. The Morgan fingerprint density at radius 3 is 2.75 bits per heavy atom. The van der Waals surface area contributed by atoms with Gasteiger partial charge in [-0.1, -0.05) is 12.1 Å². The van der Waals surface area contributed by atoms with Crippen LogP contribution in [-0.2, 0) is 9.59 Å². The number of benzene rings is 1. The number of β-amino-alcohol motifs (C(OH)–C–C–N with tert-alkyl or cyclic N) is 1. The molecule has 20 heavy (non-hydrogen) atoms. The number of hydrogen-bond acceptors (Lipinski definition) is 5. The number of aliphatic hydroxyl groups excluding tert-OH is 1. The second-order valence-corrected chi connectivity index (χ2v) is 4.68. The SMILES string of the molecule is NC(=O)C1CC(O)CN1C(=O)COc1ccccc1N. The Morgan fingerprint density at radius 1 is 1.40 bits per heavy atom. The highest BCUT2D eigenvalue weighted by Crippen LogP contribution is 2.21. The molecule has 1 aliphatic heterocycles. The number of nitrogens with zero attached hydrogens (tertiary/aromatic N) is 1. The molecule has 2 atom stereocenters. The van der Waals surface area contributed by atoms with Gasteiger partial charge >= 0.3 is 0 Å². The number of nitrogens with two attached hydrogens (primary N) is 2. The summed E-state index contributed by atoms with van der Waals surface area (Å²) in [7, 11) is 0. The Balaban J connectivity index is 1.98. The lowest BCUT2D eigenvalue weighted by atomic mass is 10.2. The van der Waals surface area contributed by atoms with Crippen molar-refractivity contribution in [2.75, 3.05) is 18.9 Å². The summed E-state index contributed by atoms with van der Waals surface area (Å²) in [6.45, 7) is -0.176. The zero-order valence-electron chi connectivity index (χ0n) is 10.9. The van der Waals surface area contributed by atoms with E-state index in [1.807, 2.05) is 0 Å². The maximum absolute atomic E-state index is 12.0. The fourth-order valence-electron chi connectivity index (χ4n) is 2.19. The summed E-state index contributed by atoms with van der Waals surface area (Å²) < 4.78 is 5.32. The van der Waals surface area contributed by atoms with Gasteiger partial charge in [0.05, 0.1) is 11.8 Å². The van der Waals surface area contributed by atoms with E-state index in [9.17, 15) is 14.7 Å². The van der Waals surface area contributed by atoms with Crippen molar-refractivity contribution in [2.24, 2.45) is 5.73 Å². The average molecular weight is 279 g/mol. The van der Waals surface area contributed by atoms with Gasteiger partial charge < -0.3 is 26.2 Å². The van der Waals surface area contributed by atoms with Crippen molar-refractivity contribution in [1.29, 1.82) is 0 Å². The van der Waals surface area contributed by atoms with Gasteiger partial charge in [0.2, 0.25) is 5.91 Å². The van der Waals surface area contributed by atoms with Crippen molar-refractivity contribution in [3.63, 3.8) is 0 Å². The number of likely N-dealkylation sites (tertiary alicyclic amines) is 1. The average Bonchev–Trinajstić information content (AvgIpc) is 2.80. The summed E-state index contributed by atoms with van der Waals surface area (Å²) in [4.78, 5) is 24.5. The third kappa shape index (κ3) is 3.00. The number of primary amides is 1. The van der Waals surface area contributed by atoms with Gasteiger partial charge in [-0.15, -0.1) is 0 Å². The van der Waals surface area contributed by atoms with E-state index >= 15 is 0 Å². The predicted molar refractivity (Wildman–Crippen MR) is 71.7 cm³/mol. The Kier molecular flexibility index (Phi) is 4.09. The number of carbonyl (C=O) groups is 2. The molecule has 0 radical (unpaired) electrons. The summed E-state index contributed by atoms with van der Waals surface area (Å²) in [6, 6.07) is 6.01. The number of nitrogen functional groups attached to an aromatic ring is 1. The number of ether oxygens (including phenoxy) is 1. The van der Waals surface area contributed by atoms with Gasteiger partial charge in [0, 0.05) is 13.0 Å². The molecule has 5 N–H and O–H groups in total. The van der Waals surface area contributed by atoms with Crippen LogP contribution in [0, 0.1) is 0 Å². The van der Waals surface area contributed by atoms with Gasteiger partial charge in [-0.3, -0.25) is 9.59 Å². The smallest absolute Gasteiger partial charge is 0.261 e. The van der Waals surface area contributed by atoms with Gasteiger partial charge in [0.15, 0.2) is 6.61 Å². The van der Waals surface area contributed by atoms with E-state index in [0.29, 0.717) is 11.4 Å². The molecule has 1 aliphatic rings. The molecule has 1 saturated heterocycles. The van der Waals surface area contributed by atoms with E-state index in [1.54, 1.807) is 24.3 Å². The van der Waals surface area contributed by atoms with Crippen LogP contribution < -0.4 is 16.2 Å². The highest BCUT2D eigenvalue weighted by Gasteiger charge is 2.37. The Hall–Kier alpha value is -2.28. The Bertz CT molecular complexity index is 520. The number of rotatable bonds is 4. The van der Waals surface area contributed by atoms with Crippen LogP contribution in [0.25, 0.3) is 0 Å². The van der Waals surface area contributed by atoms with Crippen LogP contribution in [0.1, 0.15) is 6.42 Å². The molecule has 7 heteroatoms. The summed E-state index contributed by atoms with van der Waals surface area (Å²) in [5.74, 6) is -0.640. The number of carbonyl (C=O) groups excluding carboxylic acids is 2. The minimum absolute atomic E-state index is 0.0834. The third-order valence-corrected chi connectivity index (χ3v) is 3.20. The Morgan fingerprint density at radius 2 is 2.10 bits per heavy atom. The largest absolute Gasteiger partial charge is 0.482 e. The van der Waals surface area contributed by atoms with Gasteiger partial charge in [-0.25, -0.2) is 0 Å². The molecule has 0 bridgehead atoms. The summed E-state index contributed by atoms with van der Waals surface area (Å²) in [6.07, 6.45) is -0.576. The topological polar surface area (TPSA) is 119 Å². The van der Waals surface area contributed by atoms with Gasteiger partial charge in [-0.05, 0) is 12.1 Å². The molecule has 0 spiro atoms. The first kappa shape index (κ1) is 14.1. The lowest BCUT2D eigenvalue weighted by molar-refractivity contribution is -0.139. The Labute approximate surface area is 116 Å². The molecule has 1 aromatic rings. The summed E-state index contributed by atoms with van der Waals surface area (Å²) in [5.41, 5.74) is 11.3. The maximum Gasteiger partial charge on any atom is 0.261 e. The van der Waals surface area contributed by atoms with Crippen molar-refractivity contribution in [2.45, 2.75) is 18.6 Å². The fourth-order valence-corrected chi connectivity index (χ4v) is 2.19. The summed E-state index contributed by atoms with van der Waals surface area (Å²) in [5, 5.41) is 9.53. The van der Waals surface area contributed by atoms with E-state index < -0.39 is 24.0 Å². The molecule has 108 valence electrons. The molecule has 2 rings (SSSR count). The minimum atomic E-state index is -0.783. The van der Waals surface area contributed by atoms with Crippen molar-refractivity contribution in [1.82, 2.24) is 4.90 Å². The van der Waals surface area contributed by atoms with Gasteiger partial charge in [-0.2, -0.15) is 0 Å². The highest BCUT2D eigenvalue weighted by atomic mass is 16.5. The fraction of sp³-hybridized carbons (Fsp3) is 0.385. The zero-order chi connectivity index (χ0) is 14.7. The van der Waals surface area contributed by atoms with Gasteiger partial charge in [0.25, 0.3) is 5.91 Å². The second-order valence-electron chi connectivity index (χ2n) is 4.68. The monoisotopic (exact) mass is 279 g/mol. The minimum Gasteiger partial charge on any atom is -0.482 e. The predicted octanol–water partition coefficient (Wildman–Crippen LogP) is -0.905. The molecule has 7 nitrogen and oxygen atoms in total. The summed E-state index contributed by atoms with van der Waals surface area (Å²) >= 11 is 0. The van der Waals surface area contributed by atoms with Crippen LogP contribution in [0.5, 0.6) is 5.75 Å². The molecule has 1 heterocycles. The van der Waals surface area contributed by atoms with Crippen LogP contribution in [-0.4, -0.2) is 47.1 Å². The van der Waals surface area contributed by atoms with Crippen molar-refractivity contribution in [3.8, 4) is 5.75 Å². The molecular formula is C13H17N3O4. The number of hydrogen-bond donors (Lipinski definition) is 3. The quantitative estimate of drug-likeness (QED) is 0.617. The normalized spacial score (nSPS) is 21.8. The van der Waals surface area contributed by atoms with Crippen LogP contribution in [0.3, 0.4) is 0 Å². The van der Waals surface area contributed by atoms with Gasteiger partial charge in [0.1, 0.15) is 11.8 Å². The molecule has 0 saturated carbocycles. The van der Waals surface area contributed by atoms with Crippen LogP contribution in [0.2, 0.25) is 0 Å². The number of para-hydroxylation sites is 2. The molecular weight excluding hydrogens is 262 g/mol. The third-order valence-electron chi connectivity index (χ3n) is 3.20. The highest BCUT2D eigenvalue weighted by molar-refractivity contribution is 5.88. The number of amides is 2. The van der Waals surface area contributed by atoms with Crippen molar-refractivity contribution >= 4 is 17.5 Å². The standard InChI is InChI=1S/C13H17N3O4/c14-9-3-1-2-4-11(9)20-7-12(18)16-6-8(17)5-10(16)13(15)19/h1-4,8,10,17H,5-7,14H2,(H2,15,19). The first-order valence-electron chi connectivity index (χ1n) is 6.23. The molecule has 1 fully saturated rings. The van der Waals surface area contributed by atoms with E-state index in [4.69, 9.17) is 16.2 Å². The van der Waals surface area contributed by atoms with E-state index in [-0.39, 0.29) is 19.6 Å². The van der Waals surface area contributed by atoms with E-state index in [1.165, 1.54) is 4.90 Å². The molecule has 2 unspecified atom stereocenters. The zero-order valence-corrected chi connectivity index (χ0v) is 10.9. The lowest BCUT2D eigenvalue weighted by Gasteiger charge is -2.22. The van der Waals surface area contributed by atoms with E-state index in [2.05, 4.69) is 0 Å². The first-order valence-corrected chi connectivity index (χ1v) is 6.23. The number of anilines is 1. The number of aliphatic hydroxyl groups is 1. The van der Waals surface area contributed by atoms with Crippen LogP contribution >= 0.6 is 0 Å². The molecule has 2 amide bonds.